The van der Waals surface area contributed by atoms with Crippen LogP contribution in [0.15, 0.2) is 30.3 Å². The summed E-state index contributed by atoms with van der Waals surface area (Å²) in [7, 11) is 0. The van der Waals surface area contributed by atoms with Crippen LogP contribution in [-0.4, -0.2) is 5.78 Å². The van der Waals surface area contributed by atoms with Gasteiger partial charge in [-0.05, 0) is 51.3 Å². The fourth-order valence-corrected chi connectivity index (χ4v) is 2.74. The molecule has 0 unspecified atom stereocenters. The average Bonchev–Trinajstić information content (AvgIpc) is 2.26. The van der Waals surface area contributed by atoms with Crippen LogP contribution in [0, 0.1) is 34.6 Å². The molecule has 1 heteroatoms. The van der Waals surface area contributed by atoms with Gasteiger partial charge in [0.1, 0.15) is 0 Å². The lowest BCUT2D eigenvalue weighted by atomic mass is 9.91. The SMILES string of the molecule is Cc1ccc(C(=O)c2c(C)cc(C)cc2C)c(C)c1. The van der Waals surface area contributed by atoms with Crippen molar-refractivity contribution in [2.75, 3.05) is 0 Å². The molecule has 0 aliphatic rings. The number of aryl methyl sites for hydroxylation is 5. The Labute approximate surface area is 115 Å². The zero-order valence-corrected chi connectivity index (χ0v) is 12.3. The van der Waals surface area contributed by atoms with E-state index in [0.29, 0.717) is 0 Å². The molecular formula is C18H20O. The number of carbonyl (C=O) groups excluding carboxylic acids is 1. The first-order chi connectivity index (χ1) is 8.90. The first kappa shape index (κ1) is 13.5. The van der Waals surface area contributed by atoms with Crippen molar-refractivity contribution in [3.63, 3.8) is 0 Å². The van der Waals surface area contributed by atoms with Crippen LogP contribution in [0.3, 0.4) is 0 Å². The van der Waals surface area contributed by atoms with E-state index in [9.17, 15) is 4.79 Å². The summed E-state index contributed by atoms with van der Waals surface area (Å²) in [6.07, 6.45) is 0. The maximum Gasteiger partial charge on any atom is 0.193 e. The van der Waals surface area contributed by atoms with E-state index in [0.717, 1.165) is 27.8 Å². The molecular weight excluding hydrogens is 232 g/mol. The van der Waals surface area contributed by atoms with Crippen LogP contribution in [-0.2, 0) is 0 Å². The first-order valence-electron chi connectivity index (χ1n) is 6.60. The minimum absolute atomic E-state index is 0.132. The Morgan fingerprint density at radius 1 is 0.737 bits per heavy atom. The summed E-state index contributed by atoms with van der Waals surface area (Å²) in [6, 6.07) is 10.1. The Kier molecular flexibility index (Phi) is 3.57. The van der Waals surface area contributed by atoms with Crippen molar-refractivity contribution in [2.45, 2.75) is 34.6 Å². The van der Waals surface area contributed by atoms with Gasteiger partial charge >= 0.3 is 0 Å². The molecule has 0 N–H and O–H groups in total. The second-order valence-electron chi connectivity index (χ2n) is 5.42. The van der Waals surface area contributed by atoms with Crippen molar-refractivity contribution in [3.8, 4) is 0 Å². The monoisotopic (exact) mass is 252 g/mol. The van der Waals surface area contributed by atoms with Crippen molar-refractivity contribution in [3.05, 3.63) is 69.3 Å². The number of hydrogen-bond acceptors (Lipinski definition) is 1. The summed E-state index contributed by atoms with van der Waals surface area (Å²) >= 11 is 0. The standard InChI is InChI=1S/C18H20O/c1-11-6-7-16(13(3)8-11)18(19)17-14(4)9-12(2)10-15(17)5/h6-10H,1-5H3. The number of rotatable bonds is 2. The van der Waals surface area contributed by atoms with Gasteiger partial charge in [-0.3, -0.25) is 4.79 Å². The molecule has 2 rings (SSSR count). The molecule has 0 aromatic heterocycles. The van der Waals surface area contributed by atoms with Crippen molar-refractivity contribution in [2.24, 2.45) is 0 Å². The predicted molar refractivity (Wildman–Crippen MR) is 80.0 cm³/mol. The Morgan fingerprint density at radius 3 is 1.79 bits per heavy atom. The largest absolute Gasteiger partial charge is 0.289 e. The molecule has 98 valence electrons. The van der Waals surface area contributed by atoms with Crippen molar-refractivity contribution >= 4 is 5.78 Å². The van der Waals surface area contributed by atoms with Gasteiger partial charge in [-0.25, -0.2) is 0 Å². The first-order valence-corrected chi connectivity index (χ1v) is 6.60. The summed E-state index contributed by atoms with van der Waals surface area (Å²) in [6.45, 7) is 10.1. The summed E-state index contributed by atoms with van der Waals surface area (Å²) < 4.78 is 0. The van der Waals surface area contributed by atoms with E-state index in [-0.39, 0.29) is 5.78 Å². The van der Waals surface area contributed by atoms with E-state index in [2.05, 4.69) is 25.1 Å². The third-order valence-electron chi connectivity index (χ3n) is 3.53. The maximum absolute atomic E-state index is 12.7. The van der Waals surface area contributed by atoms with Gasteiger partial charge in [0.2, 0.25) is 0 Å². The molecule has 0 spiro atoms. The molecule has 0 saturated heterocycles. The number of benzene rings is 2. The zero-order valence-electron chi connectivity index (χ0n) is 12.3. The molecule has 0 radical (unpaired) electrons. The summed E-state index contributed by atoms with van der Waals surface area (Å²) in [5, 5.41) is 0. The molecule has 0 aliphatic carbocycles. The van der Waals surface area contributed by atoms with Crippen LogP contribution in [0.2, 0.25) is 0 Å². The lowest BCUT2D eigenvalue weighted by Gasteiger charge is -2.12. The van der Waals surface area contributed by atoms with E-state index in [1.807, 2.05) is 39.8 Å². The normalized spacial score (nSPS) is 10.6. The topological polar surface area (TPSA) is 17.1 Å². The smallest absolute Gasteiger partial charge is 0.193 e. The highest BCUT2D eigenvalue weighted by molar-refractivity contribution is 6.11. The molecule has 0 bridgehead atoms. The molecule has 2 aromatic rings. The second kappa shape index (κ2) is 5.00. The zero-order chi connectivity index (χ0) is 14.2. The fraction of sp³-hybridized carbons (Fsp3) is 0.278. The van der Waals surface area contributed by atoms with Gasteiger partial charge in [0.25, 0.3) is 0 Å². The van der Waals surface area contributed by atoms with Crippen LogP contribution in [0.1, 0.15) is 43.7 Å². The van der Waals surface area contributed by atoms with Crippen LogP contribution in [0.5, 0.6) is 0 Å². The molecule has 0 aliphatic heterocycles. The highest BCUT2D eigenvalue weighted by Crippen LogP contribution is 2.22. The molecule has 0 saturated carbocycles. The third-order valence-corrected chi connectivity index (χ3v) is 3.53. The van der Waals surface area contributed by atoms with E-state index in [1.165, 1.54) is 11.1 Å². The quantitative estimate of drug-likeness (QED) is 0.721. The van der Waals surface area contributed by atoms with Crippen LogP contribution < -0.4 is 0 Å². The van der Waals surface area contributed by atoms with Gasteiger partial charge in [-0.15, -0.1) is 0 Å². The van der Waals surface area contributed by atoms with Crippen molar-refractivity contribution in [1.82, 2.24) is 0 Å². The fourth-order valence-electron chi connectivity index (χ4n) is 2.74. The number of ketones is 1. The molecule has 1 nitrogen and oxygen atoms in total. The molecule has 19 heavy (non-hydrogen) atoms. The van der Waals surface area contributed by atoms with Gasteiger partial charge in [-0.1, -0.05) is 41.5 Å². The summed E-state index contributed by atoms with van der Waals surface area (Å²) in [5.74, 6) is 0.132. The van der Waals surface area contributed by atoms with Gasteiger partial charge in [-0.2, -0.15) is 0 Å². The van der Waals surface area contributed by atoms with Crippen LogP contribution in [0.25, 0.3) is 0 Å². The van der Waals surface area contributed by atoms with E-state index in [4.69, 9.17) is 0 Å². The summed E-state index contributed by atoms with van der Waals surface area (Å²) in [5.41, 5.74) is 7.20. The highest BCUT2D eigenvalue weighted by Gasteiger charge is 2.16. The van der Waals surface area contributed by atoms with Crippen molar-refractivity contribution in [1.29, 1.82) is 0 Å². The van der Waals surface area contributed by atoms with Gasteiger partial charge < -0.3 is 0 Å². The molecule has 0 heterocycles. The number of carbonyl (C=O) groups is 1. The minimum Gasteiger partial charge on any atom is -0.289 e. The van der Waals surface area contributed by atoms with Crippen LogP contribution >= 0.6 is 0 Å². The molecule has 0 amide bonds. The minimum atomic E-state index is 0.132. The van der Waals surface area contributed by atoms with Crippen molar-refractivity contribution < 1.29 is 4.79 Å². The average molecular weight is 252 g/mol. The van der Waals surface area contributed by atoms with Gasteiger partial charge in [0, 0.05) is 11.1 Å². The van der Waals surface area contributed by atoms with Crippen LogP contribution in [0.4, 0.5) is 0 Å². The Hall–Kier alpha value is -1.89. The van der Waals surface area contributed by atoms with E-state index >= 15 is 0 Å². The number of hydrogen-bond donors (Lipinski definition) is 0. The van der Waals surface area contributed by atoms with E-state index in [1.54, 1.807) is 0 Å². The molecule has 0 fully saturated rings. The summed E-state index contributed by atoms with van der Waals surface area (Å²) in [4.78, 5) is 12.7. The maximum atomic E-state index is 12.7. The lowest BCUT2D eigenvalue weighted by molar-refractivity contribution is 0.103. The van der Waals surface area contributed by atoms with Gasteiger partial charge in [0.05, 0.1) is 0 Å². The Balaban J connectivity index is 2.56. The predicted octanol–water partition coefficient (Wildman–Crippen LogP) is 4.46. The Bertz CT molecular complexity index is 628. The highest BCUT2D eigenvalue weighted by atomic mass is 16.1. The lowest BCUT2D eigenvalue weighted by Crippen LogP contribution is -2.08. The second-order valence-corrected chi connectivity index (χ2v) is 5.42. The molecule has 0 atom stereocenters. The third kappa shape index (κ3) is 2.60. The van der Waals surface area contributed by atoms with Gasteiger partial charge in [0.15, 0.2) is 5.78 Å². The molecule has 2 aromatic carbocycles. The Morgan fingerprint density at radius 2 is 1.26 bits per heavy atom. The van der Waals surface area contributed by atoms with E-state index < -0.39 is 0 Å².